The van der Waals surface area contributed by atoms with Gasteiger partial charge in [0.05, 0.1) is 12.2 Å². The lowest BCUT2D eigenvalue weighted by Crippen LogP contribution is -2.13. The normalized spacial score (nSPS) is 10.5. The minimum absolute atomic E-state index is 0.0364. The zero-order valence-corrected chi connectivity index (χ0v) is 13.8. The summed E-state index contributed by atoms with van der Waals surface area (Å²) in [5.74, 6) is -1.28. The van der Waals surface area contributed by atoms with E-state index in [1.807, 2.05) is 0 Å². The summed E-state index contributed by atoms with van der Waals surface area (Å²) < 4.78 is 34.1. The van der Waals surface area contributed by atoms with E-state index in [-0.39, 0.29) is 22.8 Å². The van der Waals surface area contributed by atoms with Crippen LogP contribution in [-0.4, -0.2) is 25.1 Å². The predicted molar refractivity (Wildman–Crippen MR) is 86.0 cm³/mol. The number of aryl methyl sites for hydroxylation is 1. The molecule has 1 heterocycles. The molecule has 2 rings (SSSR count). The summed E-state index contributed by atoms with van der Waals surface area (Å²) in [6, 6.07) is 7.53. The second kappa shape index (κ2) is 7.87. The van der Waals surface area contributed by atoms with Crippen LogP contribution in [0.25, 0.3) is 0 Å². The van der Waals surface area contributed by atoms with E-state index < -0.39 is 18.5 Å². The Morgan fingerprint density at radius 1 is 1.29 bits per heavy atom. The van der Waals surface area contributed by atoms with Crippen LogP contribution < -0.4 is 10.1 Å². The Kier molecular flexibility index (Phi) is 5.86. The molecule has 0 spiro atoms. The molecule has 0 fully saturated rings. The molecular weight excluding hydrogens is 340 g/mol. The zero-order valence-electron chi connectivity index (χ0n) is 13.0. The number of anilines is 1. The molecule has 8 heteroatoms. The SMILES string of the molecule is CCOC(=O)c1cccc(NC(=O)c2sc(C)cc2OC(F)F)c1. The minimum Gasteiger partial charge on any atom is -0.462 e. The van der Waals surface area contributed by atoms with Crippen LogP contribution >= 0.6 is 11.3 Å². The maximum Gasteiger partial charge on any atom is 0.387 e. The topological polar surface area (TPSA) is 64.6 Å². The van der Waals surface area contributed by atoms with Gasteiger partial charge in [-0.25, -0.2) is 4.79 Å². The number of carbonyl (C=O) groups excluding carboxylic acids is 2. The highest BCUT2D eigenvalue weighted by atomic mass is 32.1. The molecular formula is C16H15F2NO4S. The monoisotopic (exact) mass is 355 g/mol. The van der Waals surface area contributed by atoms with Crippen LogP contribution in [0, 0.1) is 6.92 Å². The van der Waals surface area contributed by atoms with E-state index >= 15 is 0 Å². The van der Waals surface area contributed by atoms with Crippen LogP contribution in [0.5, 0.6) is 5.75 Å². The number of rotatable bonds is 6. The second-order valence-corrected chi connectivity index (χ2v) is 5.94. The second-order valence-electron chi connectivity index (χ2n) is 4.68. The van der Waals surface area contributed by atoms with Gasteiger partial charge in [-0.2, -0.15) is 8.78 Å². The third-order valence-corrected chi connectivity index (χ3v) is 3.91. The fourth-order valence-electron chi connectivity index (χ4n) is 1.96. The molecule has 0 aliphatic heterocycles. The first kappa shape index (κ1) is 17.9. The smallest absolute Gasteiger partial charge is 0.387 e. The molecule has 0 atom stereocenters. The molecule has 0 bridgehead atoms. The number of amides is 1. The summed E-state index contributed by atoms with van der Waals surface area (Å²) in [4.78, 5) is 24.7. The summed E-state index contributed by atoms with van der Waals surface area (Å²) in [5.41, 5.74) is 0.626. The highest BCUT2D eigenvalue weighted by molar-refractivity contribution is 7.14. The van der Waals surface area contributed by atoms with Crippen LogP contribution in [0.2, 0.25) is 0 Å². The quantitative estimate of drug-likeness (QED) is 0.793. The molecule has 2 aromatic rings. The van der Waals surface area contributed by atoms with Gasteiger partial charge in [0.15, 0.2) is 0 Å². The number of hydrogen-bond acceptors (Lipinski definition) is 5. The van der Waals surface area contributed by atoms with Crippen molar-refractivity contribution in [3.8, 4) is 5.75 Å². The van der Waals surface area contributed by atoms with Crippen LogP contribution in [0.4, 0.5) is 14.5 Å². The molecule has 0 radical (unpaired) electrons. The summed E-state index contributed by atoms with van der Waals surface area (Å²) in [5, 5.41) is 2.56. The summed E-state index contributed by atoms with van der Waals surface area (Å²) in [6.07, 6.45) is 0. The molecule has 0 aliphatic carbocycles. The third kappa shape index (κ3) is 4.51. The molecule has 1 aromatic carbocycles. The molecule has 1 amide bonds. The average molecular weight is 355 g/mol. The average Bonchev–Trinajstić information content (AvgIpc) is 2.87. The molecule has 0 aliphatic rings. The van der Waals surface area contributed by atoms with Gasteiger partial charge in [-0.15, -0.1) is 11.3 Å². The van der Waals surface area contributed by atoms with Crippen LogP contribution in [0.1, 0.15) is 31.8 Å². The number of thiophene rings is 1. The van der Waals surface area contributed by atoms with Crippen molar-refractivity contribution in [1.29, 1.82) is 0 Å². The molecule has 0 saturated carbocycles. The van der Waals surface area contributed by atoms with E-state index in [4.69, 9.17) is 4.74 Å². The van der Waals surface area contributed by atoms with Crippen LogP contribution in [-0.2, 0) is 4.74 Å². The van der Waals surface area contributed by atoms with Crippen LogP contribution in [0.15, 0.2) is 30.3 Å². The molecule has 1 aromatic heterocycles. The van der Waals surface area contributed by atoms with Crippen molar-refractivity contribution in [3.63, 3.8) is 0 Å². The molecule has 128 valence electrons. The third-order valence-electron chi connectivity index (χ3n) is 2.88. The first-order valence-electron chi connectivity index (χ1n) is 7.04. The summed E-state index contributed by atoms with van der Waals surface area (Å²) >= 11 is 1.04. The number of halogens is 2. The first-order valence-corrected chi connectivity index (χ1v) is 7.86. The fourth-order valence-corrected chi connectivity index (χ4v) is 2.80. The number of carbonyl (C=O) groups is 2. The minimum atomic E-state index is -3.02. The van der Waals surface area contributed by atoms with Gasteiger partial charge in [-0.05, 0) is 38.1 Å². The van der Waals surface area contributed by atoms with E-state index in [9.17, 15) is 18.4 Å². The summed E-state index contributed by atoms with van der Waals surface area (Å²) in [6.45, 7) is 0.588. The van der Waals surface area contributed by atoms with Gasteiger partial charge in [-0.3, -0.25) is 4.79 Å². The van der Waals surface area contributed by atoms with Gasteiger partial charge in [0, 0.05) is 10.6 Å². The van der Waals surface area contributed by atoms with Gasteiger partial charge in [0.25, 0.3) is 5.91 Å². The van der Waals surface area contributed by atoms with Gasteiger partial charge in [0.1, 0.15) is 10.6 Å². The van der Waals surface area contributed by atoms with Gasteiger partial charge in [-0.1, -0.05) is 6.07 Å². The Morgan fingerprint density at radius 3 is 2.71 bits per heavy atom. The standard InChI is InChI=1S/C16H15F2NO4S/c1-3-22-15(21)10-5-4-6-11(8-10)19-14(20)13-12(23-16(17)18)7-9(2)24-13/h4-8,16H,3H2,1-2H3,(H,19,20). The highest BCUT2D eigenvalue weighted by Crippen LogP contribution is 2.31. The van der Waals surface area contributed by atoms with Crippen molar-refractivity contribution in [2.24, 2.45) is 0 Å². The van der Waals surface area contributed by atoms with Gasteiger partial charge < -0.3 is 14.8 Å². The molecule has 0 saturated heterocycles. The lowest BCUT2D eigenvalue weighted by molar-refractivity contribution is -0.0498. The Labute approximate surface area is 141 Å². The number of nitrogens with one attached hydrogen (secondary N) is 1. The Morgan fingerprint density at radius 2 is 2.04 bits per heavy atom. The Hall–Kier alpha value is -2.48. The molecule has 24 heavy (non-hydrogen) atoms. The van der Waals surface area contributed by atoms with Crippen molar-refractivity contribution in [3.05, 3.63) is 45.6 Å². The lowest BCUT2D eigenvalue weighted by Gasteiger charge is -2.08. The van der Waals surface area contributed by atoms with Gasteiger partial charge in [0.2, 0.25) is 0 Å². The first-order chi connectivity index (χ1) is 11.4. The van der Waals surface area contributed by atoms with E-state index in [1.165, 1.54) is 12.1 Å². The maximum absolute atomic E-state index is 12.4. The fraction of sp³-hybridized carbons (Fsp3) is 0.250. The largest absolute Gasteiger partial charge is 0.462 e. The summed E-state index contributed by atoms with van der Waals surface area (Å²) in [7, 11) is 0. The van der Waals surface area contributed by atoms with Crippen LogP contribution in [0.3, 0.4) is 0 Å². The molecule has 5 nitrogen and oxygen atoms in total. The van der Waals surface area contributed by atoms with E-state index in [0.717, 1.165) is 11.3 Å². The molecule has 1 N–H and O–H groups in total. The number of benzene rings is 1. The maximum atomic E-state index is 12.4. The number of esters is 1. The van der Waals surface area contributed by atoms with Crippen molar-refractivity contribution >= 4 is 28.9 Å². The number of hydrogen-bond donors (Lipinski definition) is 1. The van der Waals surface area contributed by atoms with E-state index in [0.29, 0.717) is 10.6 Å². The zero-order chi connectivity index (χ0) is 17.7. The van der Waals surface area contributed by atoms with Crippen molar-refractivity contribution < 1.29 is 27.8 Å². The Bertz CT molecular complexity index is 745. The van der Waals surface area contributed by atoms with Crippen molar-refractivity contribution in [2.75, 3.05) is 11.9 Å². The van der Waals surface area contributed by atoms with Gasteiger partial charge >= 0.3 is 12.6 Å². The van der Waals surface area contributed by atoms with E-state index in [2.05, 4.69) is 10.1 Å². The number of alkyl halides is 2. The molecule has 0 unspecified atom stereocenters. The Balaban J connectivity index is 2.18. The number of ether oxygens (including phenoxy) is 2. The van der Waals surface area contributed by atoms with E-state index in [1.54, 1.807) is 32.0 Å². The van der Waals surface area contributed by atoms with Crippen molar-refractivity contribution in [1.82, 2.24) is 0 Å². The van der Waals surface area contributed by atoms with Crippen molar-refractivity contribution in [2.45, 2.75) is 20.5 Å². The lowest BCUT2D eigenvalue weighted by atomic mass is 10.2. The highest BCUT2D eigenvalue weighted by Gasteiger charge is 2.19. The predicted octanol–water partition coefficient (Wildman–Crippen LogP) is 4.09.